The van der Waals surface area contributed by atoms with Crippen LogP contribution in [0.25, 0.3) is 0 Å². The van der Waals surface area contributed by atoms with Crippen LogP contribution in [0.3, 0.4) is 0 Å². The summed E-state index contributed by atoms with van der Waals surface area (Å²) in [6.45, 7) is 10.0. The Bertz CT molecular complexity index is 1790. The Hall–Kier alpha value is -4.51. The number of furan rings is 1. The van der Waals surface area contributed by atoms with E-state index in [9.17, 15) is 43.8 Å². The molecule has 54 heavy (non-hydrogen) atoms. The van der Waals surface area contributed by atoms with Crippen molar-refractivity contribution in [2.24, 2.45) is 34.0 Å². The van der Waals surface area contributed by atoms with Crippen molar-refractivity contribution in [1.29, 1.82) is 0 Å². The summed E-state index contributed by atoms with van der Waals surface area (Å²) in [5.41, 5.74) is -12.6. The third kappa shape index (κ3) is 4.85. The second-order valence-corrected chi connectivity index (χ2v) is 16.0. The van der Waals surface area contributed by atoms with Gasteiger partial charge in [0.2, 0.25) is 6.10 Å². The van der Waals surface area contributed by atoms with Gasteiger partial charge < -0.3 is 47.8 Å². The van der Waals surface area contributed by atoms with Crippen molar-refractivity contribution in [3.05, 3.63) is 24.2 Å². The van der Waals surface area contributed by atoms with Crippen molar-refractivity contribution < 1.29 is 81.4 Å². The minimum absolute atomic E-state index is 0.284. The van der Waals surface area contributed by atoms with Gasteiger partial charge in [-0.05, 0) is 12.5 Å². The van der Waals surface area contributed by atoms with Crippen LogP contribution in [-0.2, 0) is 66.7 Å². The summed E-state index contributed by atoms with van der Waals surface area (Å²) in [6, 6.07) is 1.51. The van der Waals surface area contributed by atoms with Gasteiger partial charge in [0.1, 0.15) is 41.2 Å². The molecule has 5 fully saturated rings. The maximum absolute atomic E-state index is 13.9. The topological polar surface area (TPSA) is 238 Å². The lowest BCUT2D eigenvalue weighted by molar-refractivity contribution is -0.418. The molecule has 1 aromatic heterocycles. The van der Waals surface area contributed by atoms with Crippen LogP contribution in [-0.4, -0.2) is 100 Å². The minimum Gasteiger partial charge on any atom is -0.472 e. The molecule has 1 aliphatic heterocycles. The van der Waals surface area contributed by atoms with Gasteiger partial charge in [0.05, 0.1) is 37.4 Å². The van der Waals surface area contributed by atoms with Gasteiger partial charge in [-0.3, -0.25) is 28.8 Å². The van der Waals surface area contributed by atoms with E-state index in [2.05, 4.69) is 0 Å². The molecule has 1 aromatic rings. The minimum atomic E-state index is -2.78. The molecule has 0 radical (unpaired) electrons. The molecular weight excluding hydrogens is 716 g/mol. The van der Waals surface area contributed by atoms with E-state index in [0.29, 0.717) is 5.56 Å². The summed E-state index contributed by atoms with van der Waals surface area (Å²) >= 11 is 0. The average molecular weight is 763 g/mol. The van der Waals surface area contributed by atoms with Gasteiger partial charge in [0.15, 0.2) is 0 Å². The molecule has 2 heterocycles. The van der Waals surface area contributed by atoms with Crippen molar-refractivity contribution in [2.75, 3.05) is 7.11 Å². The van der Waals surface area contributed by atoms with Gasteiger partial charge in [-0.1, -0.05) is 20.8 Å². The van der Waals surface area contributed by atoms with Crippen molar-refractivity contribution in [1.82, 2.24) is 0 Å². The first-order chi connectivity index (χ1) is 25.0. The third-order valence-electron chi connectivity index (χ3n) is 13.4. The fraction of sp³-hybridized carbons (Fsp3) is 0.703. The highest BCUT2D eigenvalue weighted by Gasteiger charge is 2.96. The zero-order valence-corrected chi connectivity index (χ0v) is 31.5. The highest BCUT2D eigenvalue weighted by Crippen LogP contribution is 2.83. The van der Waals surface area contributed by atoms with Crippen molar-refractivity contribution in [2.45, 2.75) is 122 Å². The maximum atomic E-state index is 13.9. The zero-order valence-electron chi connectivity index (χ0n) is 31.5. The molecule has 14 atom stereocenters. The van der Waals surface area contributed by atoms with Crippen LogP contribution in [0.2, 0.25) is 0 Å². The molecule has 0 spiro atoms. The Morgan fingerprint density at radius 3 is 2.00 bits per heavy atom. The summed E-state index contributed by atoms with van der Waals surface area (Å²) in [5, 5.41) is 27.8. The number of aliphatic hydroxyl groups is 2. The zero-order chi connectivity index (χ0) is 40.1. The van der Waals surface area contributed by atoms with E-state index < -0.39 is 136 Å². The summed E-state index contributed by atoms with van der Waals surface area (Å²) in [6.07, 6.45) is -6.88. The molecule has 6 rings (SSSR count). The highest BCUT2D eigenvalue weighted by molar-refractivity contribution is 5.80. The summed E-state index contributed by atoms with van der Waals surface area (Å²) in [7, 11) is 1.04. The van der Waals surface area contributed by atoms with E-state index in [-0.39, 0.29) is 6.42 Å². The van der Waals surface area contributed by atoms with Gasteiger partial charge in [-0.2, -0.15) is 0 Å². The normalized spacial score (nSPS) is 43.3. The Morgan fingerprint density at radius 1 is 0.870 bits per heavy atom. The van der Waals surface area contributed by atoms with Crippen LogP contribution in [0.5, 0.6) is 0 Å². The Labute approximate surface area is 310 Å². The molecule has 1 saturated heterocycles. The molecule has 17 heteroatoms. The van der Waals surface area contributed by atoms with Crippen LogP contribution >= 0.6 is 0 Å². The van der Waals surface area contributed by atoms with Crippen LogP contribution in [0.1, 0.15) is 86.3 Å². The summed E-state index contributed by atoms with van der Waals surface area (Å²) in [4.78, 5) is 92.7. The number of ether oxygens (including phenoxy) is 7. The van der Waals surface area contributed by atoms with Gasteiger partial charge in [0.25, 0.3) is 0 Å². The fourth-order valence-electron chi connectivity index (χ4n) is 12.0. The monoisotopic (exact) mass is 762 g/mol. The van der Waals surface area contributed by atoms with Crippen LogP contribution in [0.15, 0.2) is 23.0 Å². The molecular formula is C37H46O17. The smallest absolute Gasteiger partial charge is 0.347 e. The number of esters is 7. The molecule has 5 aliphatic rings. The summed E-state index contributed by atoms with van der Waals surface area (Å²) < 4.78 is 46.3. The maximum Gasteiger partial charge on any atom is 0.347 e. The molecule has 17 nitrogen and oxygen atoms in total. The van der Waals surface area contributed by atoms with E-state index in [0.717, 1.165) is 41.7 Å². The molecule has 2 N–H and O–H groups in total. The van der Waals surface area contributed by atoms with Gasteiger partial charge in [-0.25, -0.2) is 4.79 Å². The molecule has 0 aromatic carbocycles. The number of methoxy groups -OCH3 is 1. The van der Waals surface area contributed by atoms with E-state index in [4.69, 9.17) is 37.6 Å². The lowest BCUT2D eigenvalue weighted by Crippen LogP contribution is -2.90. The third-order valence-corrected chi connectivity index (χ3v) is 13.4. The van der Waals surface area contributed by atoms with E-state index in [1.807, 2.05) is 0 Å². The Morgan fingerprint density at radius 2 is 1.48 bits per heavy atom. The van der Waals surface area contributed by atoms with Crippen molar-refractivity contribution in [3.63, 3.8) is 0 Å². The Kier molecular flexibility index (Phi) is 9.08. The summed E-state index contributed by atoms with van der Waals surface area (Å²) in [5.74, 6) is -10.9. The predicted octanol–water partition coefficient (Wildman–Crippen LogP) is 1.63. The van der Waals surface area contributed by atoms with Crippen LogP contribution in [0, 0.1) is 34.0 Å². The quantitative estimate of drug-likeness (QED) is 0.283. The van der Waals surface area contributed by atoms with Gasteiger partial charge in [0, 0.05) is 69.3 Å². The first-order valence-corrected chi connectivity index (χ1v) is 17.6. The lowest BCUT2D eigenvalue weighted by Gasteiger charge is -2.75. The molecule has 0 unspecified atom stereocenters. The average Bonchev–Trinajstić information content (AvgIpc) is 3.71. The molecule has 4 aliphatic carbocycles. The number of rotatable bonds is 8. The molecule has 0 amide bonds. The first kappa shape index (κ1) is 39.2. The Balaban J connectivity index is 1.77. The lowest BCUT2D eigenvalue weighted by atomic mass is 9.34. The fourth-order valence-corrected chi connectivity index (χ4v) is 12.0. The second-order valence-electron chi connectivity index (χ2n) is 16.0. The number of hydrogen-bond acceptors (Lipinski definition) is 17. The van der Waals surface area contributed by atoms with Crippen molar-refractivity contribution >= 4 is 41.8 Å². The molecule has 2 bridgehead atoms. The number of fused-ring (bicyclic) bond motifs is 5. The van der Waals surface area contributed by atoms with Gasteiger partial charge in [-0.15, -0.1) is 0 Å². The predicted molar refractivity (Wildman–Crippen MR) is 175 cm³/mol. The number of carbonyl (C=O) groups is 7. The SMILES string of the molecule is COC(=O)[C@H](OC(C)=O)[C@H]1[C@@]2(C)C[C@]3(OC(C)=O)[C@H]([C@H]2OC(C)=O)[C@@H](OC(C)=O)[C@]2(O)[C@@H]4CC(=O)O[C@@H](c5ccoc5)[C@]4(C)[C@@H](OC(C)=O)C[C@]2(O)[C@]13C. The van der Waals surface area contributed by atoms with Crippen molar-refractivity contribution in [3.8, 4) is 0 Å². The molecule has 296 valence electrons. The second kappa shape index (κ2) is 12.5. The van der Waals surface area contributed by atoms with E-state index >= 15 is 0 Å². The van der Waals surface area contributed by atoms with Gasteiger partial charge >= 0.3 is 41.8 Å². The number of hydrogen-bond donors (Lipinski definition) is 2. The largest absolute Gasteiger partial charge is 0.472 e. The van der Waals surface area contributed by atoms with Crippen LogP contribution in [0.4, 0.5) is 0 Å². The first-order valence-electron chi connectivity index (χ1n) is 17.6. The van der Waals surface area contributed by atoms with E-state index in [1.165, 1.54) is 25.5 Å². The number of cyclic esters (lactones) is 1. The molecule has 4 saturated carbocycles. The van der Waals surface area contributed by atoms with E-state index in [1.54, 1.807) is 13.8 Å². The highest BCUT2D eigenvalue weighted by atomic mass is 16.6. The standard InChI is InChI=1S/C37H46O17/c1-16(38)49-23-13-36(45)34(8)27(26(31(44)47-9)50-17(2)39)32(6)15-35(34,54-20(5)42)25(29(32)51-18(3)40)30(52-19(4)41)37(36,46)22-12-24(43)53-28(33(22,23)7)21-10-11-48-14-21/h10-11,14,22-23,25-30,45-46H,12-13,15H2,1-9H3/t22-,23+,25-,26-,27+,28+,29-,30-,32-,33+,34-,35+,36+,37-/m1/s1. The number of carbonyl (C=O) groups excluding carboxylic acids is 7. The van der Waals surface area contributed by atoms with Crippen LogP contribution < -0.4 is 0 Å².